The fourth-order valence-electron chi connectivity index (χ4n) is 2.53. The van der Waals surface area contributed by atoms with Gasteiger partial charge in [-0.1, -0.05) is 30.3 Å². The van der Waals surface area contributed by atoms with E-state index in [2.05, 4.69) is 0 Å². The largest absolute Gasteiger partial charge is 0.443 e. The summed E-state index contributed by atoms with van der Waals surface area (Å²) in [5.41, 5.74) is 4.19. The molecule has 0 unspecified atom stereocenters. The van der Waals surface area contributed by atoms with Crippen LogP contribution in [0.1, 0.15) is 38.8 Å². The number of para-hydroxylation sites is 1. The van der Waals surface area contributed by atoms with E-state index >= 15 is 0 Å². The normalized spacial score (nSPS) is 12.0. The first-order valence-corrected chi connectivity index (χ1v) is 8.83. The minimum atomic E-state index is -0.555. The van der Waals surface area contributed by atoms with Gasteiger partial charge in [-0.25, -0.2) is 4.79 Å². The zero-order valence-electron chi connectivity index (χ0n) is 16.5. The minimum Gasteiger partial charge on any atom is -0.443 e. The van der Waals surface area contributed by atoms with Gasteiger partial charge in [0.05, 0.1) is 12.2 Å². The molecule has 1 amide bonds. The minimum absolute atomic E-state index is 0.368. The number of carbonyl (C=O) groups is 1. The van der Waals surface area contributed by atoms with Crippen molar-refractivity contribution in [1.29, 1.82) is 0 Å². The van der Waals surface area contributed by atoms with Crippen LogP contribution in [0.3, 0.4) is 0 Å². The van der Waals surface area contributed by atoms with E-state index in [1.165, 1.54) is 0 Å². The molecule has 0 aliphatic heterocycles. The number of anilines is 1. The summed E-state index contributed by atoms with van der Waals surface area (Å²) < 4.78 is 5.60. The zero-order chi connectivity index (χ0) is 19.3. The van der Waals surface area contributed by atoms with Gasteiger partial charge in [-0.2, -0.15) is 0 Å². The standard InChI is InChI=1S/C22H28N2O2/c1-16-10-9-12-19(14-16)24(21(25)26-22(4,5)6)15-18(3)23-20-13-8-7-11-17(20)2/h7-14H,15H2,1-6H3. The molecule has 4 nitrogen and oxygen atoms in total. The van der Waals surface area contributed by atoms with Crippen LogP contribution in [0.15, 0.2) is 53.5 Å². The molecule has 0 saturated carbocycles. The van der Waals surface area contributed by atoms with Crippen molar-refractivity contribution < 1.29 is 9.53 Å². The molecule has 0 N–H and O–H groups in total. The number of aryl methyl sites for hydroxylation is 2. The molecular weight excluding hydrogens is 324 g/mol. The van der Waals surface area contributed by atoms with E-state index in [1.807, 2.05) is 90.1 Å². The van der Waals surface area contributed by atoms with Gasteiger partial charge < -0.3 is 4.74 Å². The molecule has 0 aromatic heterocycles. The second-order valence-corrected chi connectivity index (χ2v) is 7.54. The van der Waals surface area contributed by atoms with Crippen molar-refractivity contribution in [3.63, 3.8) is 0 Å². The van der Waals surface area contributed by atoms with Gasteiger partial charge in [0, 0.05) is 11.4 Å². The smallest absolute Gasteiger partial charge is 0.415 e. The Morgan fingerprint density at radius 2 is 1.77 bits per heavy atom. The molecule has 0 radical (unpaired) electrons. The highest BCUT2D eigenvalue weighted by molar-refractivity contribution is 5.98. The predicted molar refractivity (Wildman–Crippen MR) is 109 cm³/mol. The first kappa shape index (κ1) is 19.7. The van der Waals surface area contributed by atoms with Crippen LogP contribution in [0.5, 0.6) is 0 Å². The van der Waals surface area contributed by atoms with E-state index in [1.54, 1.807) is 4.90 Å². The van der Waals surface area contributed by atoms with Crippen LogP contribution < -0.4 is 4.90 Å². The van der Waals surface area contributed by atoms with Crippen molar-refractivity contribution in [2.75, 3.05) is 11.4 Å². The molecule has 0 fully saturated rings. The number of nitrogens with zero attached hydrogens (tertiary/aromatic N) is 2. The van der Waals surface area contributed by atoms with E-state index in [0.717, 1.165) is 28.2 Å². The van der Waals surface area contributed by atoms with Gasteiger partial charge >= 0.3 is 6.09 Å². The Labute approximate surface area is 156 Å². The third-order valence-corrected chi connectivity index (χ3v) is 3.74. The average Bonchev–Trinajstić information content (AvgIpc) is 2.53. The fraction of sp³-hybridized carbons (Fsp3) is 0.364. The van der Waals surface area contributed by atoms with Crippen LogP contribution in [0.4, 0.5) is 16.2 Å². The number of rotatable bonds is 4. The van der Waals surface area contributed by atoms with Gasteiger partial charge in [0.2, 0.25) is 0 Å². The maximum Gasteiger partial charge on any atom is 0.415 e. The zero-order valence-corrected chi connectivity index (χ0v) is 16.5. The van der Waals surface area contributed by atoms with Gasteiger partial charge in [0.25, 0.3) is 0 Å². The van der Waals surface area contributed by atoms with Gasteiger partial charge in [0.1, 0.15) is 5.60 Å². The van der Waals surface area contributed by atoms with Gasteiger partial charge in [-0.15, -0.1) is 0 Å². The number of benzene rings is 2. The highest BCUT2D eigenvalue weighted by Crippen LogP contribution is 2.21. The molecule has 0 aliphatic rings. The monoisotopic (exact) mass is 352 g/mol. The third-order valence-electron chi connectivity index (χ3n) is 3.74. The lowest BCUT2D eigenvalue weighted by Gasteiger charge is -2.27. The Kier molecular flexibility index (Phi) is 6.19. The summed E-state index contributed by atoms with van der Waals surface area (Å²) in [6.45, 7) is 11.9. The number of aliphatic imine (C=N–C) groups is 1. The lowest BCUT2D eigenvalue weighted by atomic mass is 10.2. The Balaban J connectivity index is 2.32. The van der Waals surface area contributed by atoms with E-state index in [0.29, 0.717) is 6.54 Å². The summed E-state index contributed by atoms with van der Waals surface area (Å²) in [4.78, 5) is 19.1. The summed E-state index contributed by atoms with van der Waals surface area (Å²) in [7, 11) is 0. The summed E-state index contributed by atoms with van der Waals surface area (Å²) in [6, 6.07) is 15.8. The maximum atomic E-state index is 12.8. The third kappa shape index (κ3) is 5.73. The number of amides is 1. The average molecular weight is 352 g/mol. The van der Waals surface area contributed by atoms with Gasteiger partial charge in [0.15, 0.2) is 0 Å². The van der Waals surface area contributed by atoms with Crippen LogP contribution in [0.2, 0.25) is 0 Å². The second kappa shape index (κ2) is 8.17. The van der Waals surface area contributed by atoms with Gasteiger partial charge in [-0.3, -0.25) is 9.89 Å². The van der Waals surface area contributed by atoms with Crippen molar-refractivity contribution in [3.05, 3.63) is 59.7 Å². The summed E-state index contributed by atoms with van der Waals surface area (Å²) in [5, 5.41) is 0. The highest BCUT2D eigenvalue weighted by Gasteiger charge is 2.24. The quantitative estimate of drug-likeness (QED) is 0.649. The summed E-state index contributed by atoms with van der Waals surface area (Å²) in [5.74, 6) is 0. The van der Waals surface area contributed by atoms with E-state index in [9.17, 15) is 4.79 Å². The number of ether oxygens (including phenoxy) is 1. The Bertz CT molecular complexity index is 804. The summed E-state index contributed by atoms with van der Waals surface area (Å²) >= 11 is 0. The molecule has 0 spiro atoms. The Hall–Kier alpha value is -2.62. The Morgan fingerprint density at radius 3 is 2.38 bits per heavy atom. The predicted octanol–water partition coefficient (Wildman–Crippen LogP) is 5.84. The number of hydrogen-bond acceptors (Lipinski definition) is 3. The lowest BCUT2D eigenvalue weighted by molar-refractivity contribution is 0.0585. The highest BCUT2D eigenvalue weighted by atomic mass is 16.6. The number of carbonyl (C=O) groups excluding carboxylic acids is 1. The van der Waals surface area contributed by atoms with Crippen molar-refractivity contribution in [1.82, 2.24) is 0 Å². The SMILES string of the molecule is CC(CN(C(=O)OC(C)(C)C)c1cccc(C)c1)=Nc1ccccc1C. The van der Waals surface area contributed by atoms with Crippen molar-refractivity contribution in [2.45, 2.75) is 47.1 Å². The topological polar surface area (TPSA) is 41.9 Å². The molecule has 0 bridgehead atoms. The molecule has 0 heterocycles. The van der Waals surface area contributed by atoms with Gasteiger partial charge in [-0.05, 0) is 70.9 Å². The van der Waals surface area contributed by atoms with E-state index in [4.69, 9.17) is 9.73 Å². The Morgan fingerprint density at radius 1 is 1.08 bits per heavy atom. The first-order valence-electron chi connectivity index (χ1n) is 8.83. The molecular formula is C22H28N2O2. The van der Waals surface area contributed by atoms with Crippen molar-refractivity contribution in [2.24, 2.45) is 4.99 Å². The molecule has 26 heavy (non-hydrogen) atoms. The van der Waals surface area contributed by atoms with Crippen molar-refractivity contribution >= 4 is 23.2 Å². The maximum absolute atomic E-state index is 12.8. The van der Waals surface area contributed by atoms with Crippen LogP contribution in [-0.4, -0.2) is 24.0 Å². The molecule has 2 aromatic carbocycles. The number of hydrogen-bond donors (Lipinski definition) is 0. The van der Waals surface area contributed by atoms with Crippen LogP contribution in [0, 0.1) is 13.8 Å². The van der Waals surface area contributed by atoms with Crippen LogP contribution >= 0.6 is 0 Å². The van der Waals surface area contributed by atoms with Crippen molar-refractivity contribution in [3.8, 4) is 0 Å². The molecule has 2 rings (SSSR count). The molecule has 4 heteroatoms. The molecule has 2 aromatic rings. The van der Waals surface area contributed by atoms with E-state index < -0.39 is 5.60 Å². The second-order valence-electron chi connectivity index (χ2n) is 7.54. The molecule has 0 saturated heterocycles. The van der Waals surface area contributed by atoms with E-state index in [-0.39, 0.29) is 6.09 Å². The summed E-state index contributed by atoms with van der Waals surface area (Å²) in [6.07, 6.45) is -0.373. The lowest BCUT2D eigenvalue weighted by Crippen LogP contribution is -2.39. The van der Waals surface area contributed by atoms with Crippen LogP contribution in [0.25, 0.3) is 0 Å². The molecule has 138 valence electrons. The van der Waals surface area contributed by atoms with Crippen LogP contribution in [-0.2, 0) is 4.74 Å². The molecule has 0 aliphatic carbocycles. The molecule has 0 atom stereocenters. The first-order chi connectivity index (χ1) is 12.2. The fourth-order valence-corrected chi connectivity index (χ4v) is 2.53.